The smallest absolute Gasteiger partial charge is 0.0762 e. The summed E-state index contributed by atoms with van der Waals surface area (Å²) in [7, 11) is 0. The van der Waals surface area contributed by atoms with Gasteiger partial charge in [0.05, 0.1) is 11.1 Å². The molecule has 0 aliphatic heterocycles. The van der Waals surface area contributed by atoms with E-state index in [9.17, 15) is 5.11 Å². The van der Waals surface area contributed by atoms with Crippen molar-refractivity contribution in [3.8, 4) is 0 Å². The van der Waals surface area contributed by atoms with E-state index in [1.165, 1.54) is 35.3 Å². The van der Waals surface area contributed by atoms with Crippen LogP contribution in [-0.4, -0.2) is 5.11 Å². The number of hydrogen-bond donors (Lipinski definition) is 1. The normalized spacial score (nSPS) is 15.2. The van der Waals surface area contributed by atoms with Crippen molar-refractivity contribution in [1.82, 2.24) is 0 Å². The minimum Gasteiger partial charge on any atom is -0.389 e. The second kappa shape index (κ2) is 5.80. The van der Waals surface area contributed by atoms with Gasteiger partial charge in [-0.15, -0.1) is 0 Å². The molecule has 2 aromatic carbocycles. The van der Waals surface area contributed by atoms with Crippen molar-refractivity contribution in [2.24, 2.45) is 0 Å². The Morgan fingerprint density at radius 3 is 2.65 bits per heavy atom. The van der Waals surface area contributed by atoms with Gasteiger partial charge in [-0.1, -0.05) is 35.5 Å². The second-order valence-electron chi connectivity index (χ2n) is 5.25. The average Bonchev–Trinajstić information content (AvgIpc) is 2.88. The molecule has 0 radical (unpaired) electrons. The van der Waals surface area contributed by atoms with E-state index in [4.69, 9.17) is 11.6 Å². The Kier molecular flexibility index (Phi) is 4.06. The monoisotopic (exact) mass is 304 g/mol. The standard InChI is InChI=1S/C17H17ClOS/c1-11(19)13-6-8-17(16(18)10-13)20-15-7-5-12-3-2-4-14(12)9-15/h5-11,19H,2-4H2,1H3/t11-/m1/s1. The lowest BCUT2D eigenvalue weighted by molar-refractivity contribution is 0.199. The molecule has 0 heterocycles. The van der Waals surface area contributed by atoms with Crippen LogP contribution in [0.3, 0.4) is 0 Å². The Labute approximate surface area is 129 Å². The van der Waals surface area contributed by atoms with Gasteiger partial charge in [-0.25, -0.2) is 0 Å². The minimum atomic E-state index is -0.480. The van der Waals surface area contributed by atoms with E-state index < -0.39 is 6.10 Å². The van der Waals surface area contributed by atoms with Crippen LogP contribution in [-0.2, 0) is 12.8 Å². The van der Waals surface area contributed by atoms with Crippen LogP contribution in [0, 0.1) is 0 Å². The molecular weight excluding hydrogens is 288 g/mol. The van der Waals surface area contributed by atoms with Crippen LogP contribution < -0.4 is 0 Å². The number of aliphatic hydroxyl groups is 1. The third kappa shape index (κ3) is 2.88. The number of rotatable bonds is 3. The molecule has 2 aromatic rings. The highest BCUT2D eigenvalue weighted by Crippen LogP contribution is 2.36. The van der Waals surface area contributed by atoms with Crippen molar-refractivity contribution >= 4 is 23.4 Å². The molecule has 0 saturated carbocycles. The van der Waals surface area contributed by atoms with Crippen molar-refractivity contribution in [2.45, 2.75) is 42.1 Å². The lowest BCUT2D eigenvalue weighted by Crippen LogP contribution is -1.91. The topological polar surface area (TPSA) is 20.2 Å². The zero-order valence-corrected chi connectivity index (χ0v) is 13.0. The van der Waals surface area contributed by atoms with Crippen LogP contribution in [0.15, 0.2) is 46.2 Å². The lowest BCUT2D eigenvalue weighted by Gasteiger charge is -2.09. The van der Waals surface area contributed by atoms with Gasteiger partial charge in [0.2, 0.25) is 0 Å². The van der Waals surface area contributed by atoms with Crippen molar-refractivity contribution in [3.63, 3.8) is 0 Å². The predicted octanol–water partition coefficient (Wildman–Crippen LogP) is 5.03. The lowest BCUT2D eigenvalue weighted by atomic mass is 10.1. The molecule has 1 aliphatic rings. The summed E-state index contributed by atoms with van der Waals surface area (Å²) in [4.78, 5) is 2.27. The molecule has 0 aromatic heterocycles. The fourth-order valence-corrected chi connectivity index (χ4v) is 3.79. The summed E-state index contributed by atoms with van der Waals surface area (Å²) in [5, 5.41) is 10.3. The number of hydrogen-bond acceptors (Lipinski definition) is 2. The second-order valence-corrected chi connectivity index (χ2v) is 6.77. The maximum atomic E-state index is 9.57. The Bertz CT molecular complexity index is 637. The molecule has 1 nitrogen and oxygen atoms in total. The molecule has 0 fully saturated rings. The van der Waals surface area contributed by atoms with Gasteiger partial charge in [0, 0.05) is 9.79 Å². The van der Waals surface area contributed by atoms with Crippen molar-refractivity contribution in [3.05, 3.63) is 58.1 Å². The highest BCUT2D eigenvalue weighted by Gasteiger charge is 2.12. The fraction of sp³-hybridized carbons (Fsp3) is 0.294. The first-order valence-electron chi connectivity index (χ1n) is 6.90. The van der Waals surface area contributed by atoms with Gasteiger partial charge in [-0.05, 0) is 67.1 Å². The molecule has 3 heteroatoms. The van der Waals surface area contributed by atoms with Gasteiger partial charge >= 0.3 is 0 Å². The summed E-state index contributed by atoms with van der Waals surface area (Å²) < 4.78 is 0. The van der Waals surface area contributed by atoms with E-state index >= 15 is 0 Å². The molecule has 0 bridgehead atoms. The minimum absolute atomic E-state index is 0.480. The number of fused-ring (bicyclic) bond motifs is 1. The highest BCUT2D eigenvalue weighted by atomic mass is 35.5. The largest absolute Gasteiger partial charge is 0.389 e. The van der Waals surface area contributed by atoms with Gasteiger partial charge in [0.25, 0.3) is 0 Å². The summed E-state index contributed by atoms with van der Waals surface area (Å²) >= 11 is 8.00. The third-order valence-corrected chi connectivity index (χ3v) is 5.23. The number of aryl methyl sites for hydroxylation is 2. The molecule has 1 aliphatic carbocycles. The molecule has 104 valence electrons. The van der Waals surface area contributed by atoms with Crippen molar-refractivity contribution in [2.75, 3.05) is 0 Å². The number of benzene rings is 2. The highest BCUT2D eigenvalue weighted by molar-refractivity contribution is 7.99. The molecule has 20 heavy (non-hydrogen) atoms. The van der Waals surface area contributed by atoms with Crippen LogP contribution >= 0.6 is 23.4 Å². The molecule has 0 saturated heterocycles. The van der Waals surface area contributed by atoms with Gasteiger partial charge in [0.15, 0.2) is 0 Å². The van der Waals surface area contributed by atoms with E-state index in [-0.39, 0.29) is 0 Å². The number of aliphatic hydroxyl groups excluding tert-OH is 1. The number of halogens is 1. The maximum Gasteiger partial charge on any atom is 0.0762 e. The third-order valence-electron chi connectivity index (χ3n) is 3.74. The van der Waals surface area contributed by atoms with E-state index in [0.717, 1.165) is 10.5 Å². The molecule has 1 N–H and O–H groups in total. The van der Waals surface area contributed by atoms with Gasteiger partial charge in [-0.3, -0.25) is 0 Å². The van der Waals surface area contributed by atoms with Crippen molar-refractivity contribution < 1.29 is 5.11 Å². The van der Waals surface area contributed by atoms with Crippen LogP contribution in [0.25, 0.3) is 0 Å². The summed E-state index contributed by atoms with van der Waals surface area (Å²) in [6.07, 6.45) is 3.20. The first-order valence-corrected chi connectivity index (χ1v) is 8.10. The first kappa shape index (κ1) is 14.0. The van der Waals surface area contributed by atoms with Crippen LogP contribution in [0.2, 0.25) is 5.02 Å². The summed E-state index contributed by atoms with van der Waals surface area (Å²) in [5.74, 6) is 0. The summed E-state index contributed by atoms with van der Waals surface area (Å²) in [6, 6.07) is 12.5. The van der Waals surface area contributed by atoms with Gasteiger partial charge in [0.1, 0.15) is 0 Å². The molecule has 0 spiro atoms. The predicted molar refractivity (Wildman–Crippen MR) is 84.7 cm³/mol. The van der Waals surface area contributed by atoms with E-state index in [1.54, 1.807) is 18.7 Å². The zero-order chi connectivity index (χ0) is 14.1. The zero-order valence-electron chi connectivity index (χ0n) is 11.4. The fourth-order valence-electron chi connectivity index (χ4n) is 2.60. The van der Waals surface area contributed by atoms with E-state index in [0.29, 0.717) is 5.02 Å². The first-order chi connectivity index (χ1) is 9.63. The maximum absolute atomic E-state index is 9.57. The van der Waals surface area contributed by atoms with Gasteiger partial charge in [-0.2, -0.15) is 0 Å². The molecular formula is C17H17ClOS. The van der Waals surface area contributed by atoms with E-state index in [1.807, 2.05) is 18.2 Å². The Balaban J connectivity index is 1.84. The van der Waals surface area contributed by atoms with Crippen LogP contribution in [0.5, 0.6) is 0 Å². The SMILES string of the molecule is C[C@@H](O)c1ccc(Sc2ccc3c(c2)CCC3)c(Cl)c1. The summed E-state index contributed by atoms with van der Waals surface area (Å²) in [6.45, 7) is 1.75. The van der Waals surface area contributed by atoms with E-state index in [2.05, 4.69) is 18.2 Å². The Morgan fingerprint density at radius 2 is 1.90 bits per heavy atom. The molecule has 0 unspecified atom stereocenters. The quantitative estimate of drug-likeness (QED) is 0.858. The average molecular weight is 305 g/mol. The van der Waals surface area contributed by atoms with Crippen molar-refractivity contribution in [1.29, 1.82) is 0 Å². The summed E-state index contributed by atoms with van der Waals surface area (Å²) in [5.41, 5.74) is 3.82. The molecule has 0 amide bonds. The Morgan fingerprint density at radius 1 is 1.10 bits per heavy atom. The Hall–Kier alpha value is -0.960. The molecule has 3 rings (SSSR count). The van der Waals surface area contributed by atoms with Crippen LogP contribution in [0.4, 0.5) is 0 Å². The molecule has 1 atom stereocenters. The van der Waals surface area contributed by atoms with Crippen LogP contribution in [0.1, 0.15) is 36.1 Å². The van der Waals surface area contributed by atoms with Gasteiger partial charge < -0.3 is 5.11 Å².